The van der Waals surface area contributed by atoms with Crippen molar-refractivity contribution in [2.24, 2.45) is 0 Å². The van der Waals surface area contributed by atoms with Crippen LogP contribution in [-0.4, -0.2) is 38.5 Å². The molecule has 2 nitrogen and oxygen atoms in total. The van der Waals surface area contributed by atoms with Gasteiger partial charge in [0.2, 0.25) is 0 Å². The third kappa shape index (κ3) is 8.70. The lowest BCUT2D eigenvalue weighted by Gasteiger charge is -2.45. The van der Waals surface area contributed by atoms with Gasteiger partial charge in [0.15, 0.2) is 16.2 Å². The Hall–Kier alpha value is 0.578. The Bertz CT molecular complexity index is 348. The lowest BCUT2D eigenvalue weighted by molar-refractivity contribution is -0.131. The van der Waals surface area contributed by atoms with Gasteiger partial charge in [-0.3, -0.25) is 0 Å². The van der Waals surface area contributed by atoms with Crippen molar-refractivity contribution in [2.75, 3.05) is 0 Å². The predicted molar refractivity (Wildman–Crippen MR) is 93.4 cm³/mol. The van der Waals surface area contributed by atoms with E-state index in [1.54, 1.807) is 0 Å². The van der Waals surface area contributed by atoms with E-state index < -0.39 is 44.9 Å². The predicted octanol–water partition coefficient (Wildman–Crippen LogP) is 5.50. The maximum atomic E-state index is 12.6. The molecule has 0 aromatic rings. The van der Waals surface area contributed by atoms with Gasteiger partial charge < -0.3 is 8.23 Å². The average Bonchev–Trinajstić information content (AvgIpc) is 2.06. The molecule has 0 aliphatic carbocycles. The number of alkyl halides is 3. The molecule has 0 heterocycles. The molecule has 0 aliphatic rings. The summed E-state index contributed by atoms with van der Waals surface area (Å²) >= 11 is 0. The fourth-order valence-corrected chi connectivity index (χ4v) is 23.8. The summed E-state index contributed by atoms with van der Waals surface area (Å²) in [5.74, 6) is 0. The molecule has 0 aromatic carbocycles. The molecule has 128 valence electrons. The van der Waals surface area contributed by atoms with Crippen molar-refractivity contribution in [3.63, 3.8) is 0 Å². The van der Waals surface area contributed by atoms with Gasteiger partial charge in [-0.05, 0) is 45.3 Å². The minimum Gasteiger partial charge on any atom is -0.439 e. The number of hydrogen-bond acceptors (Lipinski definition) is 2. The molecule has 9 heteroatoms. The van der Waals surface area contributed by atoms with E-state index in [-0.39, 0.29) is 6.04 Å². The fourth-order valence-electron chi connectivity index (χ4n) is 2.26. The van der Waals surface area contributed by atoms with Crippen molar-refractivity contribution < 1.29 is 21.4 Å². The average molecular weight is 377 g/mol. The van der Waals surface area contributed by atoms with Crippen LogP contribution in [0.2, 0.25) is 65.0 Å². The first kappa shape index (κ1) is 21.6. The number of hydrogen-bond donors (Lipinski definition) is 0. The number of rotatable bonds is 7. The SMILES string of the molecule is C[Si](C)(C)O[Si](C)(C)O[Si](C)(CCC(F)(F)F)[Si](C)(C)C. The highest BCUT2D eigenvalue weighted by atomic mass is 29.3. The van der Waals surface area contributed by atoms with Crippen molar-refractivity contribution in [3.05, 3.63) is 0 Å². The standard InChI is InChI=1S/C12H31F3O2Si4/c1-18(2,3)16-20(7,8)17-21(9,19(4,5)6)11-10-12(13,14)15/h10-11H2,1-9H3. The molecule has 0 spiro atoms. The quantitative estimate of drug-likeness (QED) is 0.546. The highest BCUT2D eigenvalue weighted by Gasteiger charge is 2.49. The Morgan fingerprint density at radius 3 is 1.48 bits per heavy atom. The molecular weight excluding hydrogens is 345 g/mol. The van der Waals surface area contributed by atoms with Gasteiger partial charge in [0.25, 0.3) is 0 Å². The van der Waals surface area contributed by atoms with E-state index in [0.717, 1.165) is 0 Å². The summed E-state index contributed by atoms with van der Waals surface area (Å²) in [6, 6.07) is 0.151. The van der Waals surface area contributed by atoms with Crippen molar-refractivity contribution in [3.8, 4) is 0 Å². The van der Waals surface area contributed by atoms with E-state index in [1.807, 2.05) is 19.6 Å². The second-order valence-corrected chi connectivity index (χ2v) is 32.1. The molecule has 0 amide bonds. The van der Waals surface area contributed by atoms with Crippen LogP contribution in [0.5, 0.6) is 0 Å². The zero-order valence-corrected chi connectivity index (χ0v) is 18.9. The smallest absolute Gasteiger partial charge is 0.388 e. The highest BCUT2D eigenvalue weighted by molar-refractivity contribution is 7.39. The van der Waals surface area contributed by atoms with Gasteiger partial charge in [-0.2, -0.15) is 13.2 Å². The van der Waals surface area contributed by atoms with Gasteiger partial charge in [0.1, 0.15) is 0 Å². The molecule has 0 fully saturated rings. The molecular formula is C12H31F3O2Si4. The van der Waals surface area contributed by atoms with E-state index in [2.05, 4.69) is 39.3 Å². The molecule has 0 aliphatic heterocycles. The second-order valence-electron chi connectivity index (χ2n) is 8.31. The fraction of sp³-hybridized carbons (Fsp3) is 1.00. The maximum Gasteiger partial charge on any atom is 0.388 e. The third-order valence-electron chi connectivity index (χ3n) is 3.50. The van der Waals surface area contributed by atoms with E-state index >= 15 is 0 Å². The van der Waals surface area contributed by atoms with Crippen LogP contribution in [0.15, 0.2) is 0 Å². The Kier molecular flexibility index (Phi) is 6.78. The Labute approximate surface area is 131 Å². The van der Waals surface area contributed by atoms with Crippen LogP contribution >= 0.6 is 0 Å². The molecule has 0 bridgehead atoms. The van der Waals surface area contributed by atoms with Gasteiger partial charge in [-0.25, -0.2) is 0 Å². The van der Waals surface area contributed by atoms with Gasteiger partial charge in [0, 0.05) is 6.42 Å². The molecule has 0 saturated carbocycles. The molecule has 0 saturated heterocycles. The minimum absolute atomic E-state index is 0.151. The van der Waals surface area contributed by atoms with E-state index in [0.29, 0.717) is 0 Å². The van der Waals surface area contributed by atoms with Crippen LogP contribution in [0, 0.1) is 0 Å². The van der Waals surface area contributed by atoms with Crippen LogP contribution in [-0.2, 0) is 8.23 Å². The highest BCUT2D eigenvalue weighted by Crippen LogP contribution is 2.34. The van der Waals surface area contributed by atoms with Crippen LogP contribution in [0.4, 0.5) is 13.2 Å². The zero-order valence-electron chi connectivity index (χ0n) is 14.9. The number of halogens is 3. The van der Waals surface area contributed by atoms with Crippen molar-refractivity contribution in [1.29, 1.82) is 0 Å². The van der Waals surface area contributed by atoms with E-state index in [4.69, 9.17) is 8.23 Å². The lowest BCUT2D eigenvalue weighted by atomic mass is 10.5. The topological polar surface area (TPSA) is 18.5 Å². The summed E-state index contributed by atoms with van der Waals surface area (Å²) in [5, 5.41) is 0. The van der Waals surface area contributed by atoms with E-state index in [1.165, 1.54) is 0 Å². The van der Waals surface area contributed by atoms with Crippen molar-refractivity contribution in [2.45, 2.75) is 77.6 Å². The van der Waals surface area contributed by atoms with E-state index in [9.17, 15) is 13.2 Å². The molecule has 0 rings (SSSR count). The summed E-state index contributed by atoms with van der Waals surface area (Å²) in [7, 11) is -8.38. The lowest BCUT2D eigenvalue weighted by Crippen LogP contribution is -2.63. The Morgan fingerprint density at radius 1 is 0.762 bits per heavy atom. The van der Waals surface area contributed by atoms with Gasteiger partial charge >= 0.3 is 14.7 Å². The van der Waals surface area contributed by atoms with Gasteiger partial charge in [-0.1, -0.05) is 19.6 Å². The molecule has 1 unspecified atom stereocenters. The minimum atomic E-state index is -4.11. The monoisotopic (exact) mass is 376 g/mol. The van der Waals surface area contributed by atoms with Crippen molar-refractivity contribution >= 4 is 32.3 Å². The van der Waals surface area contributed by atoms with Gasteiger partial charge in [0.05, 0.1) is 7.59 Å². The van der Waals surface area contributed by atoms with Crippen LogP contribution in [0.25, 0.3) is 0 Å². The molecule has 21 heavy (non-hydrogen) atoms. The largest absolute Gasteiger partial charge is 0.439 e. The Morgan fingerprint density at radius 2 is 1.19 bits per heavy atom. The molecule has 0 aromatic heterocycles. The van der Waals surface area contributed by atoms with Crippen LogP contribution in [0.1, 0.15) is 6.42 Å². The Balaban J connectivity index is 5.18. The molecule has 1 atom stereocenters. The summed E-state index contributed by atoms with van der Waals surface area (Å²) in [4.78, 5) is 0. The summed E-state index contributed by atoms with van der Waals surface area (Å²) in [6.07, 6.45) is -4.85. The van der Waals surface area contributed by atoms with Crippen molar-refractivity contribution in [1.82, 2.24) is 0 Å². The summed E-state index contributed by atoms with van der Waals surface area (Å²) in [6.45, 7) is 18.6. The first-order valence-electron chi connectivity index (χ1n) is 7.34. The zero-order chi connectivity index (χ0) is 17.3. The second kappa shape index (κ2) is 6.60. The first-order valence-corrected chi connectivity index (χ1v) is 20.7. The molecule has 0 radical (unpaired) electrons. The summed E-state index contributed by atoms with van der Waals surface area (Å²) < 4.78 is 50.5. The summed E-state index contributed by atoms with van der Waals surface area (Å²) in [5.41, 5.74) is 0. The molecule has 0 N–H and O–H groups in total. The third-order valence-corrected chi connectivity index (χ3v) is 27.2. The first-order chi connectivity index (χ1) is 8.87. The van der Waals surface area contributed by atoms with Gasteiger partial charge in [-0.15, -0.1) is 0 Å². The van der Waals surface area contributed by atoms with Crippen LogP contribution < -0.4 is 0 Å². The normalized spacial score (nSPS) is 17.7. The van der Waals surface area contributed by atoms with Crippen LogP contribution in [0.3, 0.4) is 0 Å². The maximum absolute atomic E-state index is 12.6.